The lowest BCUT2D eigenvalue weighted by Crippen LogP contribution is -2.37. The Morgan fingerprint density at radius 2 is 2.12 bits per heavy atom. The Morgan fingerprint density at radius 3 is 2.85 bits per heavy atom. The molecule has 0 radical (unpaired) electrons. The van der Waals surface area contributed by atoms with Gasteiger partial charge in [0.1, 0.15) is 5.82 Å². The fraction of sp³-hybridized carbons (Fsp3) is 0.263. The lowest BCUT2D eigenvalue weighted by Gasteiger charge is -2.23. The summed E-state index contributed by atoms with van der Waals surface area (Å²) in [5.74, 6) is -0.590. The molecule has 0 N–H and O–H groups in total. The van der Waals surface area contributed by atoms with Gasteiger partial charge < -0.3 is 4.74 Å². The second-order valence-electron chi connectivity index (χ2n) is 6.17. The van der Waals surface area contributed by atoms with Gasteiger partial charge in [0.2, 0.25) is 0 Å². The molecule has 7 heteroatoms. The Hall–Kier alpha value is -2.02. The topological polar surface area (TPSA) is 42.4 Å². The third kappa shape index (κ3) is 3.58. The highest BCUT2D eigenvalue weighted by molar-refractivity contribution is 7.22. The second-order valence-corrected chi connectivity index (χ2v) is 7.61. The summed E-state index contributed by atoms with van der Waals surface area (Å²) in [5, 5.41) is 1.22. The molecule has 134 valence electrons. The van der Waals surface area contributed by atoms with E-state index in [-0.39, 0.29) is 17.8 Å². The van der Waals surface area contributed by atoms with E-state index in [0.29, 0.717) is 28.9 Å². The lowest BCUT2D eigenvalue weighted by molar-refractivity contribution is 0.0917. The van der Waals surface area contributed by atoms with Crippen molar-refractivity contribution in [1.29, 1.82) is 0 Å². The van der Waals surface area contributed by atoms with Crippen LogP contribution in [0.3, 0.4) is 0 Å². The summed E-state index contributed by atoms with van der Waals surface area (Å²) in [4.78, 5) is 19.3. The number of fused-ring (bicyclic) bond motifs is 1. The molecule has 1 aliphatic rings. The quantitative estimate of drug-likeness (QED) is 0.635. The zero-order valence-electron chi connectivity index (χ0n) is 13.8. The molecule has 0 spiro atoms. The van der Waals surface area contributed by atoms with E-state index in [1.165, 1.54) is 35.6 Å². The predicted octanol–water partition coefficient (Wildman–Crippen LogP) is 4.91. The van der Waals surface area contributed by atoms with Crippen molar-refractivity contribution in [1.82, 2.24) is 4.98 Å². The van der Waals surface area contributed by atoms with Crippen LogP contribution >= 0.6 is 22.9 Å². The van der Waals surface area contributed by atoms with Crippen LogP contribution in [-0.2, 0) is 4.74 Å². The van der Waals surface area contributed by atoms with E-state index in [1.807, 2.05) is 12.1 Å². The van der Waals surface area contributed by atoms with Crippen LogP contribution in [0, 0.1) is 5.82 Å². The molecule has 0 bridgehead atoms. The summed E-state index contributed by atoms with van der Waals surface area (Å²) in [5.41, 5.74) is 1.21. The van der Waals surface area contributed by atoms with Crippen molar-refractivity contribution >= 4 is 44.2 Å². The fourth-order valence-corrected chi connectivity index (χ4v) is 4.24. The number of benzene rings is 2. The molecular formula is C19H16ClFN2O2S. The zero-order chi connectivity index (χ0) is 18.1. The average molecular weight is 391 g/mol. The van der Waals surface area contributed by atoms with Crippen molar-refractivity contribution in [2.75, 3.05) is 18.1 Å². The molecule has 1 amide bonds. The van der Waals surface area contributed by atoms with Gasteiger partial charge in [-0.3, -0.25) is 9.69 Å². The number of thiazole rings is 1. The van der Waals surface area contributed by atoms with Gasteiger partial charge in [-0.25, -0.2) is 9.37 Å². The van der Waals surface area contributed by atoms with E-state index >= 15 is 0 Å². The molecule has 1 saturated heterocycles. The van der Waals surface area contributed by atoms with E-state index < -0.39 is 0 Å². The molecule has 0 saturated carbocycles. The second kappa shape index (κ2) is 7.31. The number of hydrogen-bond acceptors (Lipinski definition) is 4. The lowest BCUT2D eigenvalue weighted by atomic mass is 10.1. The third-order valence-electron chi connectivity index (χ3n) is 4.32. The molecule has 1 aliphatic heterocycles. The van der Waals surface area contributed by atoms with Gasteiger partial charge in [-0.15, -0.1) is 0 Å². The summed E-state index contributed by atoms with van der Waals surface area (Å²) < 4.78 is 19.8. The number of nitrogens with zero attached hydrogens (tertiary/aromatic N) is 2. The summed E-state index contributed by atoms with van der Waals surface area (Å²) in [6.45, 7) is 1.13. The number of amides is 1. The number of carbonyl (C=O) groups excluding carboxylic acids is 1. The van der Waals surface area contributed by atoms with Gasteiger partial charge in [-0.2, -0.15) is 0 Å². The van der Waals surface area contributed by atoms with E-state index in [0.717, 1.165) is 23.1 Å². The van der Waals surface area contributed by atoms with Gasteiger partial charge in [0.05, 0.1) is 22.9 Å². The smallest absolute Gasteiger partial charge is 0.260 e. The van der Waals surface area contributed by atoms with Gasteiger partial charge in [0, 0.05) is 17.2 Å². The van der Waals surface area contributed by atoms with Gasteiger partial charge >= 0.3 is 0 Å². The van der Waals surface area contributed by atoms with Crippen LogP contribution in [0.4, 0.5) is 9.52 Å². The molecule has 3 aromatic rings. The molecule has 1 aromatic heterocycles. The van der Waals surface area contributed by atoms with Crippen LogP contribution in [0.5, 0.6) is 0 Å². The zero-order valence-corrected chi connectivity index (χ0v) is 15.4. The first-order chi connectivity index (χ1) is 12.6. The molecule has 1 fully saturated rings. The highest BCUT2D eigenvalue weighted by atomic mass is 35.5. The first kappa shape index (κ1) is 17.4. The number of ether oxygens (including phenoxy) is 1. The Kier molecular flexibility index (Phi) is 4.89. The maximum Gasteiger partial charge on any atom is 0.260 e. The molecular weight excluding hydrogens is 375 g/mol. The van der Waals surface area contributed by atoms with Crippen molar-refractivity contribution in [3.05, 3.63) is 58.9 Å². The van der Waals surface area contributed by atoms with Crippen LogP contribution in [0.1, 0.15) is 23.2 Å². The van der Waals surface area contributed by atoms with Gasteiger partial charge in [0.25, 0.3) is 5.91 Å². The van der Waals surface area contributed by atoms with Crippen molar-refractivity contribution in [2.45, 2.75) is 18.9 Å². The first-order valence-electron chi connectivity index (χ1n) is 8.35. The third-order valence-corrected chi connectivity index (χ3v) is 5.59. The number of rotatable bonds is 4. The van der Waals surface area contributed by atoms with Crippen molar-refractivity contribution in [3.8, 4) is 0 Å². The van der Waals surface area contributed by atoms with Crippen LogP contribution in [-0.4, -0.2) is 30.1 Å². The molecule has 1 atom stereocenters. The van der Waals surface area contributed by atoms with Crippen LogP contribution < -0.4 is 4.90 Å². The predicted molar refractivity (Wildman–Crippen MR) is 102 cm³/mol. The average Bonchev–Trinajstić information content (AvgIpc) is 3.28. The monoisotopic (exact) mass is 390 g/mol. The summed E-state index contributed by atoms with van der Waals surface area (Å²) in [6.07, 6.45) is 1.87. The number of aromatic nitrogens is 1. The van der Waals surface area contributed by atoms with Crippen molar-refractivity contribution in [3.63, 3.8) is 0 Å². The molecule has 26 heavy (non-hydrogen) atoms. The van der Waals surface area contributed by atoms with Crippen LogP contribution in [0.2, 0.25) is 5.02 Å². The van der Waals surface area contributed by atoms with E-state index in [9.17, 15) is 9.18 Å². The Bertz CT molecular complexity index is 938. The Morgan fingerprint density at radius 1 is 1.31 bits per heavy atom. The number of carbonyl (C=O) groups is 1. The van der Waals surface area contributed by atoms with Crippen molar-refractivity contribution < 1.29 is 13.9 Å². The summed E-state index contributed by atoms with van der Waals surface area (Å²) in [6, 6.07) is 11.0. The van der Waals surface area contributed by atoms with E-state index in [1.54, 1.807) is 11.0 Å². The number of halogens is 2. The Labute approximate surface area is 159 Å². The Balaban J connectivity index is 1.70. The van der Waals surface area contributed by atoms with Crippen molar-refractivity contribution in [2.24, 2.45) is 0 Å². The van der Waals surface area contributed by atoms with Gasteiger partial charge in [0.15, 0.2) is 5.13 Å². The molecule has 4 nitrogen and oxygen atoms in total. The molecule has 1 unspecified atom stereocenters. The SMILES string of the molecule is O=C(c1ccc(F)cc1)N(CC1CCCO1)c1nc2ccc(Cl)cc2s1. The molecule has 2 aromatic carbocycles. The van der Waals surface area contributed by atoms with E-state index in [2.05, 4.69) is 4.98 Å². The first-order valence-corrected chi connectivity index (χ1v) is 9.55. The van der Waals surface area contributed by atoms with E-state index in [4.69, 9.17) is 16.3 Å². The van der Waals surface area contributed by atoms with Crippen LogP contribution in [0.15, 0.2) is 42.5 Å². The van der Waals surface area contributed by atoms with Gasteiger partial charge in [-0.1, -0.05) is 22.9 Å². The van der Waals surface area contributed by atoms with Gasteiger partial charge in [-0.05, 0) is 55.3 Å². The maximum atomic E-state index is 13.2. The highest BCUT2D eigenvalue weighted by Gasteiger charge is 2.27. The minimum absolute atomic E-state index is 0.0185. The fourth-order valence-electron chi connectivity index (χ4n) is 2.99. The largest absolute Gasteiger partial charge is 0.376 e. The maximum absolute atomic E-state index is 13.2. The molecule has 2 heterocycles. The minimum Gasteiger partial charge on any atom is -0.376 e. The normalized spacial score (nSPS) is 16.9. The summed E-state index contributed by atoms with van der Waals surface area (Å²) >= 11 is 7.47. The molecule has 4 rings (SSSR count). The number of hydrogen-bond donors (Lipinski definition) is 0. The van der Waals surface area contributed by atoms with Crippen LogP contribution in [0.25, 0.3) is 10.2 Å². The standard InChI is InChI=1S/C19H16ClFN2O2S/c20-13-5-8-16-17(10-13)26-19(22-16)23(11-15-2-1-9-25-15)18(24)12-3-6-14(21)7-4-12/h3-8,10,15H,1-2,9,11H2. The highest BCUT2D eigenvalue weighted by Crippen LogP contribution is 2.32. The molecule has 0 aliphatic carbocycles. The summed E-state index contributed by atoms with van der Waals surface area (Å²) in [7, 11) is 0. The minimum atomic E-state index is -0.373. The number of anilines is 1.